The molecule has 0 fully saturated rings. The zero-order chi connectivity index (χ0) is 16.6. The number of amides is 1. The summed E-state index contributed by atoms with van der Waals surface area (Å²) in [7, 11) is 0. The number of hydrogen-bond acceptors (Lipinski definition) is 4. The molecule has 2 aromatic carbocycles. The van der Waals surface area contributed by atoms with Crippen molar-refractivity contribution in [1.82, 2.24) is 0 Å². The minimum absolute atomic E-state index is 0.380. The Morgan fingerprint density at radius 1 is 1.13 bits per heavy atom. The first-order valence-corrected chi connectivity index (χ1v) is 7.29. The van der Waals surface area contributed by atoms with Crippen LogP contribution in [0.5, 0.6) is 0 Å². The summed E-state index contributed by atoms with van der Waals surface area (Å²) in [6.45, 7) is 1.92. The Hall–Kier alpha value is -2.68. The molecule has 5 heteroatoms. The molecule has 5 nitrogen and oxygen atoms in total. The quantitative estimate of drug-likeness (QED) is 0.843. The number of carbonyl (C=O) groups excluding carboxylic acids is 1. The number of nitrogens with zero attached hydrogens (tertiary/aromatic N) is 2. The fourth-order valence-electron chi connectivity index (χ4n) is 2.82. The van der Waals surface area contributed by atoms with Crippen molar-refractivity contribution in [1.29, 1.82) is 5.26 Å². The monoisotopic (exact) mass is 308 g/mol. The van der Waals surface area contributed by atoms with Crippen molar-refractivity contribution in [2.45, 2.75) is 25.2 Å². The van der Waals surface area contributed by atoms with Gasteiger partial charge < -0.3 is 10.2 Å². The smallest absolute Gasteiger partial charge is 0.259 e. The van der Waals surface area contributed by atoms with E-state index in [1.165, 1.54) is 4.90 Å². The van der Waals surface area contributed by atoms with E-state index in [0.717, 1.165) is 5.56 Å². The highest BCUT2D eigenvalue weighted by molar-refractivity contribution is 6.07. The number of carbonyl (C=O) groups is 1. The van der Waals surface area contributed by atoms with Crippen molar-refractivity contribution in [3.05, 3.63) is 65.2 Å². The van der Waals surface area contributed by atoms with E-state index in [1.807, 2.05) is 25.1 Å². The molecule has 0 aliphatic carbocycles. The highest BCUT2D eigenvalue weighted by Gasteiger charge is 2.42. The van der Waals surface area contributed by atoms with Gasteiger partial charge in [-0.05, 0) is 25.1 Å². The third-order valence-corrected chi connectivity index (χ3v) is 4.09. The van der Waals surface area contributed by atoms with Gasteiger partial charge in [-0.3, -0.25) is 9.69 Å². The molecule has 2 aromatic rings. The fraction of sp³-hybridized carbons (Fsp3) is 0.222. The van der Waals surface area contributed by atoms with E-state index in [-0.39, 0.29) is 5.91 Å². The average Bonchev–Trinajstić information content (AvgIpc) is 2.58. The van der Waals surface area contributed by atoms with Crippen LogP contribution in [0.2, 0.25) is 0 Å². The third-order valence-electron chi connectivity index (χ3n) is 4.09. The van der Waals surface area contributed by atoms with Crippen molar-refractivity contribution in [2.24, 2.45) is 0 Å². The lowest BCUT2D eigenvalue weighted by atomic mass is 9.90. The predicted octanol–water partition coefficient (Wildman–Crippen LogP) is 1.94. The van der Waals surface area contributed by atoms with Gasteiger partial charge >= 0.3 is 0 Å². The zero-order valence-corrected chi connectivity index (χ0v) is 12.5. The van der Waals surface area contributed by atoms with E-state index >= 15 is 0 Å². The second-order valence-corrected chi connectivity index (χ2v) is 5.61. The first-order chi connectivity index (χ1) is 11.0. The summed E-state index contributed by atoms with van der Waals surface area (Å²) < 4.78 is 0. The van der Waals surface area contributed by atoms with Crippen molar-refractivity contribution in [3.63, 3.8) is 0 Å². The van der Waals surface area contributed by atoms with Crippen LogP contribution in [0.15, 0.2) is 48.5 Å². The molecule has 3 rings (SSSR count). The van der Waals surface area contributed by atoms with Crippen molar-refractivity contribution < 1.29 is 15.0 Å². The average molecular weight is 308 g/mol. The van der Waals surface area contributed by atoms with Gasteiger partial charge in [0.25, 0.3) is 5.91 Å². The summed E-state index contributed by atoms with van der Waals surface area (Å²) in [6.07, 6.45) is -2.55. The molecule has 1 aliphatic heterocycles. The number of aliphatic hydroxyl groups is 2. The number of rotatable bonds is 1. The van der Waals surface area contributed by atoms with Crippen LogP contribution in [0, 0.1) is 18.3 Å². The van der Waals surface area contributed by atoms with Gasteiger partial charge in [0, 0.05) is 11.1 Å². The van der Waals surface area contributed by atoms with Crippen LogP contribution in [-0.2, 0) is 0 Å². The van der Waals surface area contributed by atoms with Crippen LogP contribution in [0.25, 0.3) is 0 Å². The van der Waals surface area contributed by atoms with Crippen LogP contribution >= 0.6 is 0 Å². The molecule has 1 amide bonds. The summed E-state index contributed by atoms with van der Waals surface area (Å²) in [4.78, 5) is 14.1. The first kappa shape index (κ1) is 15.2. The predicted molar refractivity (Wildman–Crippen MR) is 84.8 cm³/mol. The lowest BCUT2D eigenvalue weighted by molar-refractivity contribution is 0.00562. The Kier molecular flexibility index (Phi) is 3.87. The molecule has 2 N–H and O–H groups in total. The molecule has 0 aromatic heterocycles. The number of nitriles is 1. The normalized spacial score (nSPS) is 23.0. The molecular formula is C18H16N2O3. The van der Waals surface area contributed by atoms with Gasteiger partial charge in [0.05, 0.1) is 11.8 Å². The second-order valence-electron chi connectivity index (χ2n) is 5.61. The Labute approximate surface area is 134 Å². The van der Waals surface area contributed by atoms with Gasteiger partial charge in [0.1, 0.15) is 12.2 Å². The highest BCUT2D eigenvalue weighted by atomic mass is 16.3. The number of fused-ring (bicyclic) bond motifs is 1. The fourth-order valence-corrected chi connectivity index (χ4v) is 2.82. The number of aryl methyl sites for hydroxylation is 1. The van der Waals surface area contributed by atoms with Gasteiger partial charge in [-0.1, -0.05) is 35.9 Å². The maximum Gasteiger partial charge on any atom is 0.259 e. The van der Waals surface area contributed by atoms with Gasteiger partial charge in [0.15, 0.2) is 6.04 Å². The molecule has 1 heterocycles. The standard InChI is InChI=1S/C18H16N2O3/c1-11-6-8-12(9-7-11)18(23)20-14-5-3-2-4-13(14)16(21)17(22)15(20)10-19/h2-9,15-17,21-22H,1H3/t15-,16-,17-/m1/s1. The lowest BCUT2D eigenvalue weighted by Gasteiger charge is -2.39. The minimum Gasteiger partial charge on any atom is -0.387 e. The second kappa shape index (κ2) is 5.84. The van der Waals surface area contributed by atoms with Gasteiger partial charge in [-0.25, -0.2) is 0 Å². The molecule has 1 aliphatic rings. The Bertz CT molecular complexity index is 780. The molecule has 3 atom stereocenters. The molecule has 0 spiro atoms. The topological polar surface area (TPSA) is 84.6 Å². The molecule has 0 saturated heterocycles. The third kappa shape index (κ3) is 2.48. The van der Waals surface area contributed by atoms with Crippen LogP contribution in [0.1, 0.15) is 27.6 Å². The SMILES string of the molecule is Cc1ccc(C(=O)N2c3ccccc3[C@@H](O)[C@H](O)[C@H]2C#N)cc1. The maximum atomic E-state index is 12.9. The van der Waals surface area contributed by atoms with Crippen molar-refractivity contribution in [3.8, 4) is 6.07 Å². The maximum absolute atomic E-state index is 12.9. The van der Waals surface area contributed by atoms with Crippen LogP contribution < -0.4 is 4.90 Å². The minimum atomic E-state index is -1.36. The van der Waals surface area contributed by atoms with E-state index < -0.39 is 18.2 Å². The van der Waals surface area contributed by atoms with Crippen LogP contribution in [-0.4, -0.2) is 28.3 Å². The van der Waals surface area contributed by atoms with Gasteiger partial charge in [-0.15, -0.1) is 0 Å². The summed E-state index contributed by atoms with van der Waals surface area (Å²) in [6, 6.07) is 14.6. The zero-order valence-electron chi connectivity index (χ0n) is 12.5. The lowest BCUT2D eigenvalue weighted by Crippen LogP contribution is -2.52. The van der Waals surface area contributed by atoms with Gasteiger partial charge in [-0.2, -0.15) is 5.26 Å². The number of anilines is 1. The van der Waals surface area contributed by atoms with E-state index in [1.54, 1.807) is 36.4 Å². The summed E-state index contributed by atoms with van der Waals surface area (Å²) in [5.41, 5.74) is 2.33. The first-order valence-electron chi connectivity index (χ1n) is 7.29. The van der Waals surface area contributed by atoms with E-state index in [0.29, 0.717) is 16.8 Å². The number of para-hydroxylation sites is 1. The Balaban J connectivity index is 2.11. The largest absolute Gasteiger partial charge is 0.387 e. The number of aliphatic hydroxyl groups excluding tert-OH is 2. The molecule has 0 saturated carbocycles. The Morgan fingerprint density at radius 2 is 1.78 bits per heavy atom. The Morgan fingerprint density at radius 3 is 2.43 bits per heavy atom. The van der Waals surface area contributed by atoms with Crippen LogP contribution in [0.4, 0.5) is 5.69 Å². The highest BCUT2D eigenvalue weighted by Crippen LogP contribution is 2.37. The van der Waals surface area contributed by atoms with E-state index in [9.17, 15) is 20.3 Å². The summed E-state index contributed by atoms with van der Waals surface area (Å²) >= 11 is 0. The number of hydrogen-bond donors (Lipinski definition) is 2. The number of benzene rings is 2. The molecule has 23 heavy (non-hydrogen) atoms. The van der Waals surface area contributed by atoms with Crippen LogP contribution in [0.3, 0.4) is 0 Å². The molecule has 116 valence electrons. The molecule has 0 bridgehead atoms. The summed E-state index contributed by atoms with van der Waals surface area (Å²) in [5, 5.41) is 29.8. The van der Waals surface area contributed by atoms with E-state index in [4.69, 9.17) is 0 Å². The van der Waals surface area contributed by atoms with E-state index in [2.05, 4.69) is 0 Å². The van der Waals surface area contributed by atoms with Gasteiger partial charge in [0.2, 0.25) is 0 Å². The molecular weight excluding hydrogens is 292 g/mol. The van der Waals surface area contributed by atoms with Crippen molar-refractivity contribution in [2.75, 3.05) is 4.90 Å². The summed E-state index contributed by atoms with van der Waals surface area (Å²) in [5.74, 6) is -0.380. The molecule has 0 radical (unpaired) electrons. The van der Waals surface area contributed by atoms with Crippen molar-refractivity contribution >= 4 is 11.6 Å². The molecule has 0 unspecified atom stereocenters.